The number of carbonyl (C=O) groups is 1. The van der Waals surface area contributed by atoms with E-state index in [4.69, 9.17) is 0 Å². The molecule has 0 bridgehead atoms. The van der Waals surface area contributed by atoms with Crippen molar-refractivity contribution < 1.29 is 4.79 Å². The Balaban J connectivity index is 1.48. The van der Waals surface area contributed by atoms with Gasteiger partial charge in [0, 0.05) is 12.7 Å². The van der Waals surface area contributed by atoms with Gasteiger partial charge in [0.25, 0.3) is 17.0 Å². The normalized spacial score (nSPS) is 11.0. The van der Waals surface area contributed by atoms with Crippen LogP contribution in [0.15, 0.2) is 64.7 Å². The van der Waals surface area contributed by atoms with Crippen LogP contribution >= 0.6 is 0 Å². The number of aryl methyl sites for hydroxylation is 1. The maximum absolute atomic E-state index is 12.8. The third-order valence-corrected chi connectivity index (χ3v) is 4.73. The van der Waals surface area contributed by atoms with Gasteiger partial charge >= 0.3 is 0 Å². The number of rotatable bonds is 6. The molecule has 0 saturated carbocycles. The molecule has 9 heteroatoms. The van der Waals surface area contributed by atoms with Gasteiger partial charge in [0.1, 0.15) is 17.3 Å². The Kier molecular flexibility index (Phi) is 5.25. The second-order valence-electron chi connectivity index (χ2n) is 6.94. The molecule has 152 valence electrons. The molecule has 4 rings (SSSR count). The molecule has 0 fully saturated rings. The number of fused-ring (bicyclic) bond motifs is 1. The Morgan fingerprint density at radius 2 is 2.07 bits per heavy atom. The lowest BCUT2D eigenvalue weighted by Gasteiger charge is -2.08. The summed E-state index contributed by atoms with van der Waals surface area (Å²) >= 11 is 0. The van der Waals surface area contributed by atoms with Crippen LogP contribution in [0.3, 0.4) is 0 Å². The molecule has 0 aliphatic rings. The number of hydrogen-bond donors (Lipinski definition) is 2. The number of amides is 1. The highest BCUT2D eigenvalue weighted by Crippen LogP contribution is 2.08. The van der Waals surface area contributed by atoms with Crippen LogP contribution in [0, 0.1) is 6.92 Å². The van der Waals surface area contributed by atoms with Crippen molar-refractivity contribution in [2.24, 2.45) is 0 Å². The summed E-state index contributed by atoms with van der Waals surface area (Å²) in [6, 6.07) is 11.0. The smallest absolute Gasteiger partial charge is 0.264 e. The molecule has 0 saturated heterocycles. The first-order valence-electron chi connectivity index (χ1n) is 9.45. The largest absolute Gasteiger partial charge is 0.350 e. The molecular weight excluding hydrogens is 384 g/mol. The van der Waals surface area contributed by atoms with Crippen LogP contribution in [-0.2, 0) is 13.1 Å². The Hall–Kier alpha value is -4.01. The summed E-state index contributed by atoms with van der Waals surface area (Å²) in [5, 5.41) is 7.32. The van der Waals surface area contributed by atoms with Gasteiger partial charge in [0.2, 0.25) is 0 Å². The summed E-state index contributed by atoms with van der Waals surface area (Å²) in [5.41, 5.74) is 2.02. The number of hydrogen-bond acceptors (Lipinski definition) is 5. The van der Waals surface area contributed by atoms with E-state index in [1.165, 1.54) is 24.8 Å². The molecule has 0 unspecified atom stereocenters. The van der Waals surface area contributed by atoms with Crippen molar-refractivity contribution in [3.63, 3.8) is 0 Å². The standard InChI is InChI=1S/C21H20N6O3/c1-14-4-2-5-15(10-14)12-26-13-24-18-17(21(26)30)11-25-27(18)9-8-23-20(29)16-6-3-7-22-19(16)28/h2-7,10-11,13H,8-9,12H2,1H3,(H,22,28)(H,23,29). The molecule has 2 N–H and O–H groups in total. The summed E-state index contributed by atoms with van der Waals surface area (Å²) in [4.78, 5) is 43.4. The van der Waals surface area contributed by atoms with Crippen LogP contribution in [0.4, 0.5) is 0 Å². The van der Waals surface area contributed by atoms with Gasteiger partial charge in [-0.15, -0.1) is 0 Å². The lowest BCUT2D eigenvalue weighted by Crippen LogP contribution is -2.31. The van der Waals surface area contributed by atoms with E-state index in [2.05, 4.69) is 20.4 Å². The molecule has 3 heterocycles. The van der Waals surface area contributed by atoms with Crippen LogP contribution in [0.5, 0.6) is 0 Å². The van der Waals surface area contributed by atoms with E-state index in [9.17, 15) is 14.4 Å². The van der Waals surface area contributed by atoms with Crippen LogP contribution < -0.4 is 16.4 Å². The number of aromatic amines is 1. The van der Waals surface area contributed by atoms with Crippen molar-refractivity contribution >= 4 is 16.9 Å². The summed E-state index contributed by atoms with van der Waals surface area (Å²) in [6.45, 7) is 2.98. The van der Waals surface area contributed by atoms with Crippen LogP contribution in [0.25, 0.3) is 11.0 Å². The minimum atomic E-state index is -0.471. The van der Waals surface area contributed by atoms with Crippen LogP contribution in [-0.4, -0.2) is 36.8 Å². The fourth-order valence-electron chi connectivity index (χ4n) is 3.25. The van der Waals surface area contributed by atoms with E-state index < -0.39 is 11.5 Å². The summed E-state index contributed by atoms with van der Waals surface area (Å²) < 4.78 is 3.11. The number of carbonyl (C=O) groups excluding carboxylic acids is 1. The van der Waals surface area contributed by atoms with Gasteiger partial charge in [-0.05, 0) is 24.6 Å². The Bertz CT molecular complexity index is 1330. The minimum absolute atomic E-state index is 0.0417. The van der Waals surface area contributed by atoms with Gasteiger partial charge in [0.05, 0.1) is 19.3 Å². The van der Waals surface area contributed by atoms with Crippen LogP contribution in [0.1, 0.15) is 21.5 Å². The van der Waals surface area contributed by atoms with Gasteiger partial charge in [0.15, 0.2) is 5.65 Å². The predicted octanol–water partition coefficient (Wildman–Crippen LogP) is 1.07. The maximum Gasteiger partial charge on any atom is 0.264 e. The van der Waals surface area contributed by atoms with Gasteiger partial charge in [-0.3, -0.25) is 19.0 Å². The highest BCUT2D eigenvalue weighted by Gasteiger charge is 2.12. The zero-order valence-corrected chi connectivity index (χ0v) is 16.3. The van der Waals surface area contributed by atoms with Gasteiger partial charge in [-0.2, -0.15) is 5.10 Å². The molecule has 4 aromatic rings. The summed E-state index contributed by atoms with van der Waals surface area (Å²) in [6.07, 6.45) is 4.46. The third kappa shape index (κ3) is 3.90. The topological polar surface area (TPSA) is 115 Å². The van der Waals surface area contributed by atoms with Gasteiger partial charge < -0.3 is 10.3 Å². The van der Waals surface area contributed by atoms with Crippen molar-refractivity contribution in [3.8, 4) is 0 Å². The van der Waals surface area contributed by atoms with E-state index in [1.807, 2.05) is 31.2 Å². The van der Waals surface area contributed by atoms with Crippen molar-refractivity contribution in [3.05, 3.63) is 92.5 Å². The second kappa shape index (κ2) is 8.16. The minimum Gasteiger partial charge on any atom is -0.350 e. The second-order valence-corrected chi connectivity index (χ2v) is 6.94. The van der Waals surface area contributed by atoms with E-state index in [1.54, 1.807) is 15.3 Å². The predicted molar refractivity (Wildman–Crippen MR) is 111 cm³/mol. The fourth-order valence-corrected chi connectivity index (χ4v) is 3.25. The quantitative estimate of drug-likeness (QED) is 0.499. The molecule has 1 aromatic carbocycles. The Morgan fingerprint density at radius 3 is 2.87 bits per heavy atom. The van der Waals surface area contributed by atoms with E-state index in [0.717, 1.165) is 11.1 Å². The molecule has 1 amide bonds. The van der Waals surface area contributed by atoms with Gasteiger partial charge in [-0.1, -0.05) is 29.8 Å². The molecule has 3 aromatic heterocycles. The van der Waals surface area contributed by atoms with Crippen molar-refractivity contribution in [2.75, 3.05) is 6.54 Å². The fraction of sp³-hybridized carbons (Fsp3) is 0.190. The molecule has 0 atom stereocenters. The number of benzene rings is 1. The monoisotopic (exact) mass is 404 g/mol. The third-order valence-electron chi connectivity index (χ3n) is 4.73. The molecular formula is C21H20N6O3. The number of aromatic nitrogens is 5. The first-order chi connectivity index (χ1) is 14.5. The number of pyridine rings is 1. The van der Waals surface area contributed by atoms with Crippen molar-refractivity contribution in [1.82, 2.24) is 29.6 Å². The van der Waals surface area contributed by atoms with Crippen LogP contribution in [0.2, 0.25) is 0 Å². The highest BCUT2D eigenvalue weighted by atomic mass is 16.2. The average molecular weight is 404 g/mol. The first kappa shape index (κ1) is 19.3. The zero-order chi connectivity index (χ0) is 21.1. The summed E-state index contributed by atoms with van der Waals surface area (Å²) in [7, 11) is 0. The van der Waals surface area contributed by atoms with Gasteiger partial charge in [-0.25, -0.2) is 9.67 Å². The Labute approximate surface area is 171 Å². The highest BCUT2D eigenvalue weighted by molar-refractivity contribution is 5.93. The zero-order valence-electron chi connectivity index (χ0n) is 16.3. The lowest BCUT2D eigenvalue weighted by atomic mass is 10.1. The number of nitrogens with one attached hydrogen (secondary N) is 2. The molecule has 0 aliphatic heterocycles. The molecule has 0 radical (unpaired) electrons. The van der Waals surface area contributed by atoms with Crippen molar-refractivity contribution in [1.29, 1.82) is 0 Å². The molecule has 30 heavy (non-hydrogen) atoms. The number of nitrogens with zero attached hydrogens (tertiary/aromatic N) is 4. The van der Waals surface area contributed by atoms with Crippen molar-refractivity contribution in [2.45, 2.75) is 20.0 Å². The maximum atomic E-state index is 12.8. The molecule has 0 spiro atoms. The van der Waals surface area contributed by atoms with E-state index in [-0.39, 0.29) is 17.7 Å². The molecule has 9 nitrogen and oxygen atoms in total. The Morgan fingerprint density at radius 1 is 1.20 bits per heavy atom. The average Bonchev–Trinajstić information content (AvgIpc) is 3.14. The van der Waals surface area contributed by atoms with E-state index >= 15 is 0 Å². The first-order valence-corrected chi connectivity index (χ1v) is 9.45. The van der Waals surface area contributed by atoms with E-state index in [0.29, 0.717) is 24.1 Å². The lowest BCUT2D eigenvalue weighted by molar-refractivity contribution is 0.0950. The summed E-state index contributed by atoms with van der Waals surface area (Å²) in [5.74, 6) is -0.471. The SMILES string of the molecule is Cc1cccc(Cn2cnc3c(cnn3CCNC(=O)c3ccc[nH]c3=O)c2=O)c1. The number of H-pyrrole nitrogens is 1. The molecule has 0 aliphatic carbocycles.